The fourth-order valence-corrected chi connectivity index (χ4v) is 8.26. The normalized spacial score (nSPS) is 13.1. The molecule has 35 heavy (non-hydrogen) atoms. The van der Waals surface area contributed by atoms with Crippen molar-refractivity contribution in [2.45, 2.75) is 50.9 Å². The molecule has 2 rings (SSSR count). The molecule has 0 fully saturated rings. The van der Waals surface area contributed by atoms with Crippen molar-refractivity contribution in [1.82, 2.24) is 0 Å². The lowest BCUT2D eigenvalue weighted by Crippen LogP contribution is -2.67. The van der Waals surface area contributed by atoms with E-state index in [4.69, 9.17) is 14.6 Å². The Labute approximate surface area is 208 Å². The Bertz CT molecular complexity index is 844. The maximum atomic E-state index is 11.5. The fraction of sp³-hybridized carbons (Fsp3) is 0.462. The summed E-state index contributed by atoms with van der Waals surface area (Å²) in [6.07, 6.45) is -2.11. The number of carbonyl (C=O) groups is 2. The van der Waals surface area contributed by atoms with Crippen LogP contribution in [0.4, 0.5) is 0 Å². The van der Waals surface area contributed by atoms with Crippen LogP contribution in [0.5, 0.6) is 0 Å². The first-order valence-corrected chi connectivity index (χ1v) is 13.3. The summed E-state index contributed by atoms with van der Waals surface area (Å²) in [5, 5.41) is 29.2. The summed E-state index contributed by atoms with van der Waals surface area (Å²) in [7, 11) is -0.139. The van der Waals surface area contributed by atoms with Crippen LogP contribution < -0.4 is 10.4 Å². The summed E-state index contributed by atoms with van der Waals surface area (Å²) >= 11 is 0. The van der Waals surface area contributed by atoms with E-state index in [1.165, 1.54) is 14.2 Å². The van der Waals surface area contributed by atoms with Gasteiger partial charge in [-0.1, -0.05) is 81.4 Å². The Kier molecular flexibility index (Phi) is 12.8. The molecule has 0 saturated heterocycles. The monoisotopic (exact) mass is 506 g/mol. The van der Waals surface area contributed by atoms with E-state index in [-0.39, 0.29) is 24.5 Å². The smallest absolute Gasteiger partial charge is 0.308 e. The topological polar surface area (TPSA) is 123 Å². The highest BCUT2D eigenvalue weighted by Gasteiger charge is 2.50. The molecule has 0 spiro atoms. The van der Waals surface area contributed by atoms with Gasteiger partial charge in [0, 0.05) is 0 Å². The predicted octanol–water partition coefficient (Wildman–Crippen LogP) is 1.39. The molecular weight excluding hydrogens is 468 g/mol. The first kappa shape index (κ1) is 30.5. The first-order chi connectivity index (χ1) is 16.5. The molecule has 0 radical (unpaired) electrons. The molecule has 0 heterocycles. The summed E-state index contributed by atoms with van der Waals surface area (Å²) in [5.74, 6) is -0.958. The van der Waals surface area contributed by atoms with Gasteiger partial charge in [0.25, 0.3) is 8.32 Å². The molecular formula is C26H38O8Si. The Morgan fingerprint density at radius 3 is 1.54 bits per heavy atom. The molecule has 8 nitrogen and oxygen atoms in total. The first-order valence-electron chi connectivity index (χ1n) is 11.4. The van der Waals surface area contributed by atoms with E-state index in [0.717, 1.165) is 10.4 Å². The number of methoxy groups -OCH3 is 2. The van der Waals surface area contributed by atoms with Crippen LogP contribution in [-0.2, 0) is 23.5 Å². The van der Waals surface area contributed by atoms with Crippen LogP contribution in [0.15, 0.2) is 60.7 Å². The highest BCUT2D eigenvalue weighted by atomic mass is 28.4. The van der Waals surface area contributed by atoms with Gasteiger partial charge >= 0.3 is 11.9 Å². The lowest BCUT2D eigenvalue weighted by molar-refractivity contribution is -0.144. The number of hydrogen-bond acceptors (Lipinski definition) is 8. The van der Waals surface area contributed by atoms with Gasteiger partial charge in [-0.15, -0.1) is 0 Å². The highest BCUT2D eigenvalue weighted by Crippen LogP contribution is 2.36. The molecule has 2 aromatic carbocycles. The lowest BCUT2D eigenvalue weighted by atomic mass is 10.2. The second-order valence-corrected chi connectivity index (χ2v) is 13.3. The average molecular weight is 507 g/mol. The van der Waals surface area contributed by atoms with Crippen molar-refractivity contribution in [3.8, 4) is 0 Å². The molecule has 0 saturated carbocycles. The Hall–Kier alpha value is -2.56. The van der Waals surface area contributed by atoms with Crippen molar-refractivity contribution >= 4 is 30.6 Å². The SMILES string of the molecule is COC(=O)C[C@H](O)CO.COC(=O)C[C@H](O)CO[Si](c1ccccc1)(c1ccccc1)C(C)(C)C. The van der Waals surface area contributed by atoms with E-state index < -0.39 is 39.1 Å². The molecule has 3 N–H and O–H groups in total. The summed E-state index contributed by atoms with van der Waals surface area (Å²) in [4.78, 5) is 21.7. The number of ether oxygens (including phenoxy) is 2. The highest BCUT2D eigenvalue weighted by molar-refractivity contribution is 6.99. The molecule has 0 aliphatic heterocycles. The van der Waals surface area contributed by atoms with Gasteiger partial charge in [-0.25, -0.2) is 0 Å². The zero-order chi connectivity index (χ0) is 26.5. The second kappa shape index (κ2) is 14.7. The average Bonchev–Trinajstić information content (AvgIpc) is 2.85. The van der Waals surface area contributed by atoms with E-state index in [1.807, 2.05) is 36.4 Å². The number of aliphatic hydroxyl groups excluding tert-OH is 3. The Morgan fingerprint density at radius 1 is 0.800 bits per heavy atom. The Balaban J connectivity index is 0.000000579. The van der Waals surface area contributed by atoms with Crippen LogP contribution in [0, 0.1) is 0 Å². The maximum absolute atomic E-state index is 11.5. The minimum Gasteiger partial charge on any atom is -0.469 e. The number of benzene rings is 2. The Morgan fingerprint density at radius 2 is 1.20 bits per heavy atom. The number of rotatable bonds is 10. The molecule has 0 bridgehead atoms. The summed E-state index contributed by atoms with van der Waals surface area (Å²) in [6.45, 7) is 6.20. The quantitative estimate of drug-likeness (QED) is 0.326. The van der Waals surface area contributed by atoms with E-state index in [9.17, 15) is 14.7 Å². The third-order valence-electron chi connectivity index (χ3n) is 5.38. The maximum Gasteiger partial charge on any atom is 0.308 e. The second-order valence-electron chi connectivity index (χ2n) is 9.02. The van der Waals surface area contributed by atoms with Crippen LogP contribution >= 0.6 is 0 Å². The molecule has 2 atom stereocenters. The van der Waals surface area contributed by atoms with Gasteiger partial charge in [-0.2, -0.15) is 0 Å². The van der Waals surface area contributed by atoms with Crippen LogP contribution in [0.25, 0.3) is 0 Å². The lowest BCUT2D eigenvalue weighted by Gasteiger charge is -2.43. The van der Waals surface area contributed by atoms with E-state index in [1.54, 1.807) is 0 Å². The van der Waals surface area contributed by atoms with Crippen LogP contribution in [0.1, 0.15) is 33.6 Å². The van der Waals surface area contributed by atoms with E-state index >= 15 is 0 Å². The van der Waals surface area contributed by atoms with Gasteiger partial charge in [0.2, 0.25) is 0 Å². The minimum atomic E-state index is -2.69. The van der Waals surface area contributed by atoms with Crippen LogP contribution in [0.3, 0.4) is 0 Å². The van der Waals surface area contributed by atoms with Crippen molar-refractivity contribution in [2.24, 2.45) is 0 Å². The molecule has 9 heteroatoms. The zero-order valence-electron chi connectivity index (χ0n) is 21.1. The molecule has 194 valence electrons. The fourth-order valence-electron chi connectivity index (χ4n) is 3.66. The number of hydrogen-bond donors (Lipinski definition) is 3. The number of esters is 2. The van der Waals surface area contributed by atoms with Gasteiger partial charge in [-0.05, 0) is 15.4 Å². The summed E-state index contributed by atoms with van der Waals surface area (Å²) in [5.41, 5.74) is 0. The van der Waals surface area contributed by atoms with Crippen LogP contribution in [0.2, 0.25) is 5.04 Å². The standard InChI is InChI=1S/C21H28O4Si.C5H10O4/c1-21(2,3)26(18-11-7-5-8-12-18,19-13-9-6-10-14-19)25-16-17(22)15-20(23)24-4;1-9-5(8)2-4(7)3-6/h5-14,17,22H,15-16H2,1-4H3;4,6-7H,2-3H2,1H3/t17-;4-/m00/s1. The van der Waals surface area contributed by atoms with Crippen molar-refractivity contribution in [3.05, 3.63) is 60.7 Å². The molecule has 0 aromatic heterocycles. The predicted molar refractivity (Wildman–Crippen MR) is 136 cm³/mol. The van der Waals surface area contributed by atoms with Crippen molar-refractivity contribution < 1.29 is 38.8 Å². The molecule has 0 amide bonds. The van der Waals surface area contributed by atoms with E-state index in [0.29, 0.717) is 0 Å². The van der Waals surface area contributed by atoms with Crippen LogP contribution in [-0.4, -0.2) is 75.2 Å². The molecule has 2 aromatic rings. The molecule has 0 aliphatic rings. The molecule has 0 unspecified atom stereocenters. The largest absolute Gasteiger partial charge is 0.469 e. The third kappa shape index (κ3) is 9.19. The van der Waals surface area contributed by atoms with Gasteiger partial charge in [0.15, 0.2) is 0 Å². The van der Waals surface area contributed by atoms with Crippen molar-refractivity contribution in [3.63, 3.8) is 0 Å². The van der Waals surface area contributed by atoms with Gasteiger partial charge in [0.05, 0.1) is 52.5 Å². The summed E-state index contributed by atoms with van der Waals surface area (Å²) in [6, 6.07) is 20.4. The number of aliphatic hydroxyl groups is 3. The van der Waals surface area contributed by atoms with Crippen molar-refractivity contribution in [1.29, 1.82) is 0 Å². The molecule has 0 aliphatic carbocycles. The number of carbonyl (C=O) groups excluding carboxylic acids is 2. The minimum absolute atomic E-state index is 0.0747. The zero-order valence-corrected chi connectivity index (χ0v) is 22.1. The summed E-state index contributed by atoms with van der Waals surface area (Å²) < 4.78 is 15.4. The third-order valence-corrected chi connectivity index (χ3v) is 10.4. The van der Waals surface area contributed by atoms with Crippen molar-refractivity contribution in [2.75, 3.05) is 27.4 Å². The van der Waals surface area contributed by atoms with E-state index in [2.05, 4.69) is 54.5 Å². The van der Waals surface area contributed by atoms with Gasteiger partial charge in [-0.3, -0.25) is 9.59 Å². The van der Waals surface area contributed by atoms with Gasteiger partial charge in [0.1, 0.15) is 0 Å². The van der Waals surface area contributed by atoms with Gasteiger partial charge < -0.3 is 29.2 Å².